The summed E-state index contributed by atoms with van der Waals surface area (Å²) in [5.41, 5.74) is 22.8. The van der Waals surface area contributed by atoms with Gasteiger partial charge >= 0.3 is 0 Å². The predicted molar refractivity (Wildman–Crippen MR) is 397 cm³/mol. The molecular weight excluding hydrogens is 1130 g/mol. The molecular formula is C86H88BN3OSi. The lowest BCUT2D eigenvalue weighted by Crippen LogP contribution is -2.74. The van der Waals surface area contributed by atoms with Gasteiger partial charge < -0.3 is 19.1 Å². The van der Waals surface area contributed by atoms with Crippen molar-refractivity contribution in [3.63, 3.8) is 0 Å². The fourth-order valence-electron chi connectivity index (χ4n) is 16.4. The highest BCUT2D eigenvalue weighted by atomic mass is 28.3. The van der Waals surface area contributed by atoms with E-state index in [1.54, 1.807) is 0 Å². The first kappa shape index (κ1) is 59.7. The highest BCUT2D eigenvalue weighted by Crippen LogP contribution is 2.55. The maximum Gasteiger partial charge on any atom is 0.297 e. The molecule has 92 heavy (non-hydrogen) atoms. The molecule has 2 aliphatic carbocycles. The molecule has 6 heteroatoms. The number of furan rings is 1. The van der Waals surface area contributed by atoms with Gasteiger partial charge in [0.15, 0.2) is 8.07 Å². The van der Waals surface area contributed by atoms with Crippen LogP contribution >= 0.6 is 0 Å². The fraction of sp³-hybridized carbons (Fsp3) is 0.279. The average Bonchev–Trinajstić information content (AvgIpc) is 1.16. The number of nitrogens with zero attached hydrogens (tertiary/aromatic N) is 3. The zero-order valence-corrected chi connectivity index (χ0v) is 57.6. The molecule has 0 fully saturated rings. The highest BCUT2D eigenvalue weighted by Gasteiger charge is 2.50. The topological polar surface area (TPSA) is 22.9 Å². The van der Waals surface area contributed by atoms with Crippen molar-refractivity contribution >= 4 is 114 Å². The van der Waals surface area contributed by atoms with Crippen molar-refractivity contribution in [2.24, 2.45) is 0 Å². The smallest absolute Gasteiger partial charge is 0.297 e. The van der Waals surface area contributed by atoms with Crippen molar-refractivity contribution in [3.05, 3.63) is 264 Å². The SMILES string of the molecule is CC(C)(C)c1ccc(N2c3cc(N(c4ccccc4)c4ccc([Si](c5ccccc5)(c5ccccc5)c5ccccc5)cc4)cc4c3B(c3cc5c(cc3N4c3ccc4c(c3)C(C)(C)CCC4(C)C)C(C)(C)CCC5(C)C)c3oc4ccc(C(C)(C)C)cc4c32)cc1. The van der Waals surface area contributed by atoms with Crippen molar-refractivity contribution in [3.8, 4) is 0 Å². The Hall–Kier alpha value is -8.58. The molecule has 4 aliphatic rings. The molecule has 460 valence electrons. The first-order valence-corrected chi connectivity index (χ1v) is 35.8. The second-order valence-corrected chi connectivity index (χ2v) is 35.7. The normalized spacial score (nSPS) is 16.7. The number of hydrogen-bond donors (Lipinski definition) is 0. The molecule has 0 atom stereocenters. The summed E-state index contributed by atoms with van der Waals surface area (Å²) in [7, 11) is -2.86. The summed E-state index contributed by atoms with van der Waals surface area (Å²) in [6, 6.07) is 89.1. The third kappa shape index (κ3) is 9.50. The Labute approximate surface area is 549 Å². The van der Waals surface area contributed by atoms with Crippen LogP contribution < -0.4 is 52.0 Å². The summed E-state index contributed by atoms with van der Waals surface area (Å²) in [4.78, 5) is 7.82. The minimum absolute atomic E-state index is 0.0193. The van der Waals surface area contributed by atoms with Crippen molar-refractivity contribution in [2.75, 3.05) is 14.7 Å². The van der Waals surface area contributed by atoms with Gasteiger partial charge in [-0.25, -0.2) is 0 Å². The fourth-order valence-corrected chi connectivity index (χ4v) is 21.2. The number of hydrogen-bond acceptors (Lipinski definition) is 4. The Kier molecular flexibility index (Phi) is 13.8. The van der Waals surface area contributed by atoms with Crippen molar-refractivity contribution < 1.29 is 4.42 Å². The quantitative estimate of drug-likeness (QED) is 0.106. The van der Waals surface area contributed by atoms with E-state index < -0.39 is 8.07 Å². The molecule has 0 saturated heterocycles. The second-order valence-electron chi connectivity index (χ2n) is 31.9. The van der Waals surface area contributed by atoms with E-state index in [2.05, 4.69) is 342 Å². The Bertz CT molecular complexity index is 4550. The monoisotopic (exact) mass is 1220 g/mol. The minimum Gasteiger partial charge on any atom is -0.468 e. The number of benzene rings is 10. The van der Waals surface area contributed by atoms with E-state index >= 15 is 0 Å². The van der Waals surface area contributed by atoms with Gasteiger partial charge in [-0.05, 0) is 202 Å². The van der Waals surface area contributed by atoms with Gasteiger partial charge in [-0.3, -0.25) is 0 Å². The summed E-state index contributed by atoms with van der Waals surface area (Å²) in [5.74, 6) is 0. The van der Waals surface area contributed by atoms with Gasteiger partial charge in [-0.15, -0.1) is 0 Å². The number of para-hydroxylation sites is 1. The molecule has 0 unspecified atom stereocenters. The molecule has 3 heterocycles. The van der Waals surface area contributed by atoms with Crippen LogP contribution in [0, 0.1) is 0 Å². The number of fused-ring (bicyclic) bond motifs is 8. The molecule has 0 spiro atoms. The van der Waals surface area contributed by atoms with Gasteiger partial charge in [0, 0.05) is 45.2 Å². The Balaban J connectivity index is 1.06. The largest absolute Gasteiger partial charge is 0.468 e. The molecule has 11 aromatic rings. The van der Waals surface area contributed by atoms with Gasteiger partial charge in [0.2, 0.25) is 0 Å². The molecule has 4 nitrogen and oxygen atoms in total. The van der Waals surface area contributed by atoms with Gasteiger partial charge in [0.05, 0.1) is 17.0 Å². The summed E-state index contributed by atoms with van der Waals surface area (Å²) < 4.78 is 7.68. The van der Waals surface area contributed by atoms with E-state index in [0.717, 1.165) is 82.1 Å². The molecule has 15 rings (SSSR count). The Morgan fingerprint density at radius 3 is 1.37 bits per heavy atom. The van der Waals surface area contributed by atoms with Gasteiger partial charge in [0.1, 0.15) is 5.58 Å². The van der Waals surface area contributed by atoms with Crippen LogP contribution in [0.1, 0.15) is 156 Å². The zero-order valence-electron chi connectivity index (χ0n) is 56.6. The molecule has 1 aromatic heterocycles. The minimum atomic E-state index is -2.86. The van der Waals surface area contributed by atoms with E-state index in [9.17, 15) is 0 Å². The Morgan fingerprint density at radius 2 is 0.837 bits per heavy atom. The molecule has 0 bridgehead atoms. The summed E-state index contributed by atoms with van der Waals surface area (Å²) >= 11 is 0. The second kappa shape index (κ2) is 21.2. The molecule has 0 saturated carbocycles. The maximum absolute atomic E-state index is 7.68. The lowest BCUT2D eigenvalue weighted by molar-refractivity contribution is 0.332. The van der Waals surface area contributed by atoms with Crippen molar-refractivity contribution in [1.29, 1.82) is 0 Å². The van der Waals surface area contributed by atoms with Crippen molar-refractivity contribution in [1.82, 2.24) is 0 Å². The van der Waals surface area contributed by atoms with E-state index in [4.69, 9.17) is 4.42 Å². The van der Waals surface area contributed by atoms with E-state index in [-0.39, 0.29) is 39.2 Å². The average molecular weight is 1220 g/mol. The van der Waals surface area contributed by atoms with Crippen LogP contribution in [0.4, 0.5) is 51.2 Å². The van der Waals surface area contributed by atoms with Crippen molar-refractivity contribution in [2.45, 2.75) is 155 Å². The zero-order chi connectivity index (χ0) is 64.1. The molecule has 0 N–H and O–H groups in total. The Morgan fingerprint density at radius 1 is 0.391 bits per heavy atom. The van der Waals surface area contributed by atoms with Crippen LogP contribution in [0.25, 0.3) is 11.0 Å². The standard InChI is InChI=1S/C86H88BN3OSi/c1-81(2,3)57-35-38-61(39-36-57)90-76-54-63(88(59-27-19-15-20-28-59)60-40-43-67(44-41-60)92(64-29-21-16-22-30-64,65-31-23-17-24-32-65)66-33-25-18-26-34-66)53-75-78(76)87(80-79(90)68-51-58(82(4,5)6)37-46-77(68)91-80)73-55-71-72(86(13,14)50-49-85(71,11)12)56-74(73)89(75)62-42-45-69-70(52-62)84(9,10)48-47-83(69,7)8/h15-46,51-56H,47-50H2,1-14H3. The summed E-state index contributed by atoms with van der Waals surface area (Å²) in [6.45, 7) is 33.5. The first-order valence-electron chi connectivity index (χ1n) is 33.8. The van der Waals surface area contributed by atoms with Crippen LogP contribution in [-0.2, 0) is 32.5 Å². The highest BCUT2D eigenvalue weighted by molar-refractivity contribution is 7.19. The van der Waals surface area contributed by atoms with E-state index in [1.165, 1.54) is 76.4 Å². The van der Waals surface area contributed by atoms with Crippen LogP contribution in [-0.4, -0.2) is 14.8 Å². The first-order chi connectivity index (χ1) is 43.8. The third-order valence-corrected chi connectivity index (χ3v) is 26.8. The maximum atomic E-state index is 7.68. The molecule has 0 amide bonds. The lowest BCUT2D eigenvalue weighted by atomic mass is 9.35. The lowest BCUT2D eigenvalue weighted by Gasteiger charge is -2.47. The number of anilines is 9. The van der Waals surface area contributed by atoms with Crippen LogP contribution in [0.15, 0.2) is 235 Å². The van der Waals surface area contributed by atoms with E-state index in [0.29, 0.717) is 0 Å². The predicted octanol–water partition coefficient (Wildman–Crippen LogP) is 18.7. The van der Waals surface area contributed by atoms with Crippen LogP contribution in [0.2, 0.25) is 0 Å². The molecule has 10 aromatic carbocycles. The van der Waals surface area contributed by atoms with E-state index in [1.807, 2.05) is 0 Å². The van der Waals surface area contributed by atoms with Crippen LogP contribution in [0.3, 0.4) is 0 Å². The number of rotatable bonds is 9. The van der Waals surface area contributed by atoms with Gasteiger partial charge in [0.25, 0.3) is 6.71 Å². The third-order valence-electron chi connectivity index (χ3n) is 22.0. The molecule has 2 aliphatic heterocycles. The summed E-state index contributed by atoms with van der Waals surface area (Å²) in [6.07, 6.45) is 4.52. The molecule has 0 radical (unpaired) electrons. The summed E-state index contributed by atoms with van der Waals surface area (Å²) in [5, 5.41) is 6.52. The van der Waals surface area contributed by atoms with Gasteiger partial charge in [-0.2, -0.15) is 0 Å². The van der Waals surface area contributed by atoms with Crippen LogP contribution in [0.5, 0.6) is 0 Å². The van der Waals surface area contributed by atoms with Gasteiger partial charge in [-0.1, -0.05) is 249 Å².